The summed E-state index contributed by atoms with van der Waals surface area (Å²) >= 11 is 1.66. The van der Waals surface area contributed by atoms with Crippen LogP contribution in [0.5, 0.6) is 5.19 Å². The third-order valence-corrected chi connectivity index (χ3v) is 3.67. The van der Waals surface area contributed by atoms with Gasteiger partial charge in [-0.05, 0) is 17.4 Å². The van der Waals surface area contributed by atoms with Gasteiger partial charge in [0, 0.05) is 6.07 Å². The Morgan fingerprint density at radius 1 is 1.28 bits per heavy atom. The molecule has 0 saturated heterocycles. The van der Waals surface area contributed by atoms with Crippen LogP contribution < -0.4 is 9.30 Å². The van der Waals surface area contributed by atoms with Gasteiger partial charge < -0.3 is 9.29 Å². The molecule has 2 aromatic rings. The zero-order valence-electron chi connectivity index (χ0n) is 10.1. The molecule has 0 fully saturated rings. The zero-order valence-corrected chi connectivity index (χ0v) is 11.7. The van der Waals surface area contributed by atoms with Crippen molar-refractivity contribution in [2.45, 2.75) is 0 Å². The maximum Gasteiger partial charge on any atom is 0.430 e. The number of fused-ring (bicyclic) bond motifs is 1. The fourth-order valence-corrected chi connectivity index (χ4v) is 2.22. The van der Waals surface area contributed by atoms with Crippen LogP contribution >= 0.6 is 11.3 Å². The first kappa shape index (κ1) is 14.8. The van der Waals surface area contributed by atoms with Crippen LogP contribution in [0.4, 0.5) is 0 Å². The molecule has 1 aromatic carbocycles. The molecule has 18 heavy (non-hydrogen) atoms. The number of methoxy groups -OCH3 is 1. The molecule has 0 radical (unpaired) electrons. The van der Waals surface area contributed by atoms with E-state index < -0.39 is 10.4 Å². The number of hydrogen-bond donors (Lipinski definition) is 0. The Kier molecular flexibility index (Phi) is 5.03. The number of ether oxygens (including phenoxy) is 1. The van der Waals surface area contributed by atoms with E-state index >= 15 is 0 Å². The molecule has 0 spiro atoms. The summed E-state index contributed by atoms with van der Waals surface area (Å²) in [7, 11) is 0.107. The molecule has 2 rings (SSSR count). The van der Waals surface area contributed by atoms with Crippen molar-refractivity contribution in [3.05, 3.63) is 24.3 Å². The molecule has 1 aromatic heterocycles. The number of thiazole rings is 1. The maximum absolute atomic E-state index is 9.22. The normalized spacial score (nSPS) is 10.9. The highest BCUT2D eigenvalue weighted by molar-refractivity contribution is 7.80. The van der Waals surface area contributed by atoms with Crippen LogP contribution in [0.15, 0.2) is 24.3 Å². The number of hydrogen-bond acceptors (Lipinski definition) is 6. The lowest BCUT2D eigenvalue weighted by molar-refractivity contribution is -0.646. The number of nitrogens with zero attached hydrogens (tertiary/aromatic N) is 1. The number of para-hydroxylation sites is 1. The molecule has 100 valence electrons. The summed E-state index contributed by atoms with van der Waals surface area (Å²) in [5, 5.41) is 0.941. The molecule has 0 atom stereocenters. The van der Waals surface area contributed by atoms with Crippen molar-refractivity contribution in [3.63, 3.8) is 0 Å². The zero-order chi connectivity index (χ0) is 13.8. The molecule has 0 aliphatic rings. The van der Waals surface area contributed by atoms with Crippen LogP contribution in [0.3, 0.4) is 0 Å². The minimum Gasteiger partial charge on any atom is -0.726 e. The fourth-order valence-electron chi connectivity index (χ4n) is 1.26. The molecule has 0 aliphatic carbocycles. The summed E-state index contributed by atoms with van der Waals surface area (Å²) in [6.07, 6.45) is 0. The fraction of sp³-hybridized carbons (Fsp3) is 0.300. The molecule has 0 N–H and O–H groups in total. The lowest BCUT2D eigenvalue weighted by atomic mass is 10.3. The van der Waals surface area contributed by atoms with E-state index in [0.717, 1.165) is 12.3 Å². The number of rotatable bonds is 2. The molecule has 8 heteroatoms. The Hall–Kier alpha value is -1.22. The molecule has 0 unspecified atom stereocenters. The summed E-state index contributed by atoms with van der Waals surface area (Å²) in [5.41, 5.74) is 1.22. The monoisotopic (exact) mass is 291 g/mol. The summed E-state index contributed by atoms with van der Waals surface area (Å²) in [6.45, 7) is 0. The summed E-state index contributed by atoms with van der Waals surface area (Å²) in [5.74, 6) is 0. The molecule has 0 saturated carbocycles. The van der Waals surface area contributed by atoms with Gasteiger partial charge in [-0.25, -0.2) is 8.42 Å². The highest BCUT2D eigenvalue weighted by Crippen LogP contribution is 2.24. The average Bonchev–Trinajstić information content (AvgIpc) is 2.67. The van der Waals surface area contributed by atoms with Crippen LogP contribution in [0, 0.1) is 0 Å². The van der Waals surface area contributed by atoms with E-state index in [1.165, 1.54) is 10.2 Å². The number of aryl methyl sites for hydroxylation is 1. The van der Waals surface area contributed by atoms with Gasteiger partial charge in [0.1, 0.15) is 11.7 Å². The standard InChI is InChI=1S/C9H10NOS.CH4O4S/c1-10-7-5-3-4-6-8(7)12-9(10)11-2;1-5-6(2,3)4/h3-6H,1-2H3;1H3,(H,2,3,4)/q+1;/p-1. The van der Waals surface area contributed by atoms with Gasteiger partial charge in [-0.1, -0.05) is 12.1 Å². The highest BCUT2D eigenvalue weighted by Gasteiger charge is 2.15. The predicted octanol–water partition coefficient (Wildman–Crippen LogP) is 0.827. The van der Waals surface area contributed by atoms with Crippen LogP contribution in [-0.2, 0) is 21.6 Å². The van der Waals surface area contributed by atoms with Gasteiger partial charge in [-0.15, -0.1) is 0 Å². The van der Waals surface area contributed by atoms with E-state index in [0.29, 0.717) is 0 Å². The smallest absolute Gasteiger partial charge is 0.430 e. The first-order chi connectivity index (χ1) is 8.39. The van der Waals surface area contributed by atoms with E-state index in [1.807, 2.05) is 19.2 Å². The third-order valence-electron chi connectivity index (χ3n) is 2.08. The predicted molar refractivity (Wildman–Crippen MR) is 66.3 cm³/mol. The van der Waals surface area contributed by atoms with Crippen molar-refractivity contribution in [3.8, 4) is 5.19 Å². The van der Waals surface area contributed by atoms with Crippen LogP contribution in [0.25, 0.3) is 10.2 Å². The van der Waals surface area contributed by atoms with Crippen molar-refractivity contribution in [1.29, 1.82) is 0 Å². The molecular formula is C10H13NO5S2. The van der Waals surface area contributed by atoms with Crippen molar-refractivity contribution in [2.24, 2.45) is 7.05 Å². The second kappa shape index (κ2) is 6.10. The molecule has 0 aliphatic heterocycles. The third kappa shape index (κ3) is 3.91. The maximum atomic E-state index is 9.22. The van der Waals surface area contributed by atoms with Crippen LogP contribution in [0.1, 0.15) is 0 Å². The van der Waals surface area contributed by atoms with E-state index in [2.05, 4.69) is 20.9 Å². The largest absolute Gasteiger partial charge is 0.726 e. The lowest BCUT2D eigenvalue weighted by Gasteiger charge is -1.98. The highest BCUT2D eigenvalue weighted by atomic mass is 32.3. The first-order valence-electron chi connectivity index (χ1n) is 4.82. The van der Waals surface area contributed by atoms with Gasteiger partial charge in [0.25, 0.3) is 0 Å². The van der Waals surface area contributed by atoms with Crippen LogP contribution in [0.2, 0.25) is 0 Å². The molecule has 0 amide bonds. The Balaban J connectivity index is 0.000000232. The quantitative estimate of drug-likeness (QED) is 0.465. The summed E-state index contributed by atoms with van der Waals surface area (Å²) in [6, 6.07) is 8.27. The minimum atomic E-state index is -4.41. The number of benzene rings is 1. The van der Waals surface area contributed by atoms with Gasteiger partial charge in [0.15, 0.2) is 0 Å². The molecular weight excluding hydrogens is 278 g/mol. The molecule has 0 bridgehead atoms. The van der Waals surface area contributed by atoms with E-state index in [1.54, 1.807) is 18.4 Å². The average molecular weight is 291 g/mol. The van der Waals surface area contributed by atoms with E-state index in [-0.39, 0.29) is 0 Å². The van der Waals surface area contributed by atoms with Gasteiger partial charge in [-0.2, -0.15) is 4.57 Å². The van der Waals surface area contributed by atoms with Gasteiger partial charge >= 0.3 is 5.19 Å². The Morgan fingerprint density at radius 3 is 2.28 bits per heavy atom. The minimum absolute atomic E-state index is 0.808. The SMILES string of the molecule is COS(=O)(=O)[O-].COc1sc2ccccc2[n+]1C. The summed E-state index contributed by atoms with van der Waals surface area (Å²) in [4.78, 5) is 0. The van der Waals surface area contributed by atoms with Gasteiger partial charge in [-0.3, -0.25) is 4.18 Å². The van der Waals surface area contributed by atoms with Gasteiger partial charge in [0.2, 0.25) is 15.9 Å². The van der Waals surface area contributed by atoms with Crippen molar-refractivity contribution < 1.29 is 26.5 Å². The topological polar surface area (TPSA) is 79.5 Å². The van der Waals surface area contributed by atoms with Crippen molar-refractivity contribution >= 4 is 32.0 Å². The van der Waals surface area contributed by atoms with E-state index in [9.17, 15) is 13.0 Å². The van der Waals surface area contributed by atoms with Crippen molar-refractivity contribution in [1.82, 2.24) is 0 Å². The first-order valence-corrected chi connectivity index (χ1v) is 6.97. The Labute approximate surface area is 109 Å². The van der Waals surface area contributed by atoms with Crippen molar-refractivity contribution in [2.75, 3.05) is 14.2 Å². The Morgan fingerprint density at radius 2 is 1.83 bits per heavy atom. The number of aromatic nitrogens is 1. The second-order valence-corrected chi connectivity index (χ2v) is 5.32. The molecule has 1 heterocycles. The van der Waals surface area contributed by atoms with E-state index in [4.69, 9.17) is 4.74 Å². The lowest BCUT2D eigenvalue weighted by Crippen LogP contribution is -2.27. The molecule has 6 nitrogen and oxygen atoms in total. The van der Waals surface area contributed by atoms with Crippen LogP contribution in [-0.4, -0.2) is 27.2 Å². The Bertz CT molecular complexity index is 620. The van der Waals surface area contributed by atoms with Gasteiger partial charge in [0.05, 0.1) is 14.2 Å². The summed E-state index contributed by atoms with van der Waals surface area (Å²) < 4.78 is 39.5. The second-order valence-electron chi connectivity index (χ2n) is 3.17.